The Morgan fingerprint density at radius 1 is 1.24 bits per heavy atom. The topological polar surface area (TPSA) is 48.3 Å². The van der Waals surface area contributed by atoms with E-state index in [1.54, 1.807) is 7.11 Å². The van der Waals surface area contributed by atoms with Gasteiger partial charge in [0.05, 0.1) is 17.9 Å². The number of anilines is 1. The van der Waals surface area contributed by atoms with Crippen LogP contribution in [0.25, 0.3) is 0 Å². The van der Waals surface area contributed by atoms with Crippen molar-refractivity contribution in [2.75, 3.05) is 38.3 Å². The molecule has 4 nitrogen and oxygen atoms in total. The molecule has 0 amide bonds. The summed E-state index contributed by atoms with van der Waals surface area (Å²) in [4.78, 5) is 2.37. The number of ether oxygens (including phenoxy) is 1. The minimum absolute atomic E-state index is 0.705. The number of methoxy groups -OCH3 is 1. The number of nitriles is 1. The summed E-state index contributed by atoms with van der Waals surface area (Å²) in [6.45, 7) is 4.45. The van der Waals surface area contributed by atoms with Crippen molar-refractivity contribution in [3.05, 3.63) is 29.3 Å². The SMILES string of the molecule is COCCNCc1ccc(N2CCCCCC2)c(C#N)c1. The first kappa shape index (κ1) is 15.8. The summed E-state index contributed by atoms with van der Waals surface area (Å²) in [5.41, 5.74) is 3.05. The van der Waals surface area contributed by atoms with Crippen molar-refractivity contribution in [1.29, 1.82) is 5.26 Å². The third-order valence-corrected chi connectivity index (χ3v) is 3.94. The van der Waals surface area contributed by atoms with E-state index in [0.717, 1.165) is 43.0 Å². The molecule has 1 aromatic rings. The first-order chi connectivity index (χ1) is 10.3. The van der Waals surface area contributed by atoms with Gasteiger partial charge in [0.15, 0.2) is 0 Å². The predicted octanol–water partition coefficient (Wildman–Crippen LogP) is 2.67. The van der Waals surface area contributed by atoms with Crippen LogP contribution in [0.2, 0.25) is 0 Å². The van der Waals surface area contributed by atoms with Gasteiger partial charge in [-0.05, 0) is 30.5 Å². The Labute approximate surface area is 127 Å². The van der Waals surface area contributed by atoms with Crippen molar-refractivity contribution in [3.8, 4) is 6.07 Å². The third kappa shape index (κ3) is 4.73. The van der Waals surface area contributed by atoms with Gasteiger partial charge < -0.3 is 15.0 Å². The van der Waals surface area contributed by atoms with E-state index < -0.39 is 0 Å². The lowest BCUT2D eigenvalue weighted by atomic mass is 10.1. The van der Waals surface area contributed by atoms with E-state index >= 15 is 0 Å². The summed E-state index contributed by atoms with van der Waals surface area (Å²) in [5.74, 6) is 0. The lowest BCUT2D eigenvalue weighted by Gasteiger charge is -2.24. The molecule has 0 unspecified atom stereocenters. The second kappa shape index (κ2) is 8.66. The van der Waals surface area contributed by atoms with Gasteiger partial charge in [0.2, 0.25) is 0 Å². The first-order valence-electron chi connectivity index (χ1n) is 7.83. The Morgan fingerprint density at radius 2 is 2.00 bits per heavy atom. The number of hydrogen-bond donors (Lipinski definition) is 1. The molecule has 21 heavy (non-hydrogen) atoms. The average molecular weight is 287 g/mol. The van der Waals surface area contributed by atoms with Crippen LogP contribution in [0.4, 0.5) is 5.69 Å². The second-order valence-electron chi connectivity index (χ2n) is 5.53. The normalized spacial score (nSPS) is 15.5. The molecule has 0 bridgehead atoms. The molecule has 1 fully saturated rings. The predicted molar refractivity (Wildman–Crippen MR) is 85.4 cm³/mol. The fourth-order valence-electron chi connectivity index (χ4n) is 2.78. The highest BCUT2D eigenvalue weighted by Crippen LogP contribution is 2.24. The Hall–Kier alpha value is -1.57. The van der Waals surface area contributed by atoms with Gasteiger partial charge in [0.25, 0.3) is 0 Å². The van der Waals surface area contributed by atoms with Gasteiger partial charge in [0.1, 0.15) is 6.07 Å². The van der Waals surface area contributed by atoms with Crippen LogP contribution in [0, 0.1) is 11.3 Å². The minimum Gasteiger partial charge on any atom is -0.383 e. The molecule has 0 saturated carbocycles. The summed E-state index contributed by atoms with van der Waals surface area (Å²) in [6, 6.07) is 8.61. The molecule has 0 atom stereocenters. The van der Waals surface area contributed by atoms with Gasteiger partial charge in [0, 0.05) is 33.3 Å². The summed E-state index contributed by atoms with van der Waals surface area (Å²) >= 11 is 0. The van der Waals surface area contributed by atoms with Crippen LogP contribution >= 0.6 is 0 Å². The van der Waals surface area contributed by atoms with Crippen LogP contribution < -0.4 is 10.2 Å². The van der Waals surface area contributed by atoms with E-state index in [4.69, 9.17) is 4.74 Å². The van der Waals surface area contributed by atoms with Crippen LogP contribution in [0.1, 0.15) is 36.8 Å². The highest BCUT2D eigenvalue weighted by Gasteiger charge is 2.13. The first-order valence-corrected chi connectivity index (χ1v) is 7.83. The maximum Gasteiger partial charge on any atom is 0.101 e. The van der Waals surface area contributed by atoms with Crippen molar-refractivity contribution in [3.63, 3.8) is 0 Å². The van der Waals surface area contributed by atoms with E-state index in [1.165, 1.54) is 25.7 Å². The molecule has 1 saturated heterocycles. The van der Waals surface area contributed by atoms with Crippen molar-refractivity contribution < 1.29 is 4.74 Å². The van der Waals surface area contributed by atoms with Gasteiger partial charge in [-0.2, -0.15) is 5.26 Å². The summed E-state index contributed by atoms with van der Waals surface area (Å²) in [7, 11) is 1.70. The van der Waals surface area contributed by atoms with Crippen LogP contribution in [-0.4, -0.2) is 33.4 Å². The van der Waals surface area contributed by atoms with Gasteiger partial charge in [-0.1, -0.05) is 18.9 Å². The lowest BCUT2D eigenvalue weighted by Crippen LogP contribution is -2.25. The zero-order valence-corrected chi connectivity index (χ0v) is 12.9. The Morgan fingerprint density at radius 3 is 2.67 bits per heavy atom. The monoisotopic (exact) mass is 287 g/mol. The number of benzene rings is 1. The van der Waals surface area contributed by atoms with Crippen LogP contribution in [0.3, 0.4) is 0 Å². The average Bonchev–Trinajstić information content (AvgIpc) is 2.80. The molecule has 2 rings (SSSR count). The summed E-state index contributed by atoms with van der Waals surface area (Å²) < 4.78 is 5.01. The zero-order valence-electron chi connectivity index (χ0n) is 12.9. The molecule has 1 N–H and O–H groups in total. The zero-order chi connectivity index (χ0) is 14.9. The van der Waals surface area contributed by atoms with Crippen LogP contribution in [0.15, 0.2) is 18.2 Å². The standard InChI is InChI=1S/C17H25N3O/c1-21-11-8-19-14-15-6-7-17(16(12-15)13-18)20-9-4-2-3-5-10-20/h6-7,12,19H,2-5,8-11,14H2,1H3. The van der Waals surface area contributed by atoms with E-state index in [9.17, 15) is 5.26 Å². The van der Waals surface area contributed by atoms with E-state index in [1.807, 2.05) is 6.07 Å². The van der Waals surface area contributed by atoms with E-state index in [0.29, 0.717) is 6.61 Å². The van der Waals surface area contributed by atoms with E-state index in [2.05, 4.69) is 28.4 Å². The number of hydrogen-bond acceptors (Lipinski definition) is 4. The number of nitrogens with zero attached hydrogens (tertiary/aromatic N) is 2. The highest BCUT2D eigenvalue weighted by atomic mass is 16.5. The van der Waals surface area contributed by atoms with Crippen molar-refractivity contribution in [2.45, 2.75) is 32.2 Å². The molecule has 1 heterocycles. The molecule has 4 heteroatoms. The molecule has 1 aliphatic heterocycles. The minimum atomic E-state index is 0.705. The molecule has 1 aromatic carbocycles. The number of nitrogens with one attached hydrogen (secondary N) is 1. The Kier molecular flexibility index (Phi) is 6.52. The molecule has 114 valence electrons. The van der Waals surface area contributed by atoms with Crippen LogP contribution in [-0.2, 0) is 11.3 Å². The third-order valence-electron chi connectivity index (χ3n) is 3.94. The lowest BCUT2D eigenvalue weighted by molar-refractivity contribution is 0.199. The van der Waals surface area contributed by atoms with Crippen LogP contribution in [0.5, 0.6) is 0 Å². The fraction of sp³-hybridized carbons (Fsp3) is 0.588. The fourth-order valence-corrected chi connectivity index (χ4v) is 2.78. The molecular weight excluding hydrogens is 262 g/mol. The Bertz CT molecular complexity index is 473. The maximum absolute atomic E-state index is 9.44. The van der Waals surface area contributed by atoms with Gasteiger partial charge in [-0.15, -0.1) is 0 Å². The number of rotatable bonds is 6. The smallest absolute Gasteiger partial charge is 0.101 e. The molecule has 0 radical (unpaired) electrons. The molecule has 1 aliphatic rings. The van der Waals surface area contributed by atoms with Crippen molar-refractivity contribution in [2.24, 2.45) is 0 Å². The quantitative estimate of drug-likeness (QED) is 0.817. The molecule has 0 spiro atoms. The Balaban J connectivity index is 2.03. The summed E-state index contributed by atoms with van der Waals surface area (Å²) in [5, 5.41) is 12.8. The van der Waals surface area contributed by atoms with Gasteiger partial charge in [-0.25, -0.2) is 0 Å². The van der Waals surface area contributed by atoms with Crippen molar-refractivity contribution >= 4 is 5.69 Å². The van der Waals surface area contributed by atoms with Crippen molar-refractivity contribution in [1.82, 2.24) is 5.32 Å². The van der Waals surface area contributed by atoms with Gasteiger partial charge in [-0.3, -0.25) is 0 Å². The van der Waals surface area contributed by atoms with Gasteiger partial charge >= 0.3 is 0 Å². The molecule has 0 aromatic heterocycles. The summed E-state index contributed by atoms with van der Waals surface area (Å²) in [6.07, 6.45) is 5.07. The largest absolute Gasteiger partial charge is 0.383 e. The molecular formula is C17H25N3O. The highest BCUT2D eigenvalue weighted by molar-refractivity contribution is 5.60. The second-order valence-corrected chi connectivity index (χ2v) is 5.53. The molecule has 0 aliphatic carbocycles. The maximum atomic E-state index is 9.44. The van der Waals surface area contributed by atoms with E-state index in [-0.39, 0.29) is 0 Å².